The van der Waals surface area contributed by atoms with Crippen molar-refractivity contribution in [2.45, 2.75) is 58.0 Å². The molecule has 3 rings (SSSR count). The summed E-state index contributed by atoms with van der Waals surface area (Å²) >= 11 is 0. The summed E-state index contributed by atoms with van der Waals surface area (Å²) in [7, 11) is 1.68. The van der Waals surface area contributed by atoms with Crippen molar-refractivity contribution in [3.8, 4) is 0 Å². The number of benzene rings is 1. The van der Waals surface area contributed by atoms with Crippen molar-refractivity contribution in [1.82, 2.24) is 20.9 Å². The topological polar surface area (TPSA) is 121 Å². The molecule has 0 aliphatic carbocycles. The lowest BCUT2D eigenvalue weighted by Gasteiger charge is -2.30. The van der Waals surface area contributed by atoms with Gasteiger partial charge in [-0.1, -0.05) is 50.2 Å². The molecule has 182 valence electrons. The molecule has 3 unspecified atom stereocenters. The number of Topliss-reactive ketones (excluding diaryl/α,β-unsaturated/α-hetero) is 1. The normalized spacial score (nSPS) is 17.1. The highest BCUT2D eigenvalue weighted by Crippen LogP contribution is 2.25. The van der Waals surface area contributed by atoms with Crippen LogP contribution in [0.3, 0.4) is 0 Å². The van der Waals surface area contributed by atoms with Gasteiger partial charge in [-0.25, -0.2) is 9.78 Å². The number of hydrogen-bond donors (Lipinski definition) is 4. The number of pyridine rings is 1. The molecule has 34 heavy (non-hydrogen) atoms. The van der Waals surface area contributed by atoms with E-state index in [0.29, 0.717) is 12.2 Å². The van der Waals surface area contributed by atoms with E-state index >= 15 is 0 Å². The summed E-state index contributed by atoms with van der Waals surface area (Å²) in [6.07, 6.45) is 1.47. The highest BCUT2D eigenvalue weighted by atomic mass is 16.5. The van der Waals surface area contributed by atoms with Gasteiger partial charge in [-0.2, -0.15) is 0 Å². The van der Waals surface area contributed by atoms with Crippen LogP contribution in [0.2, 0.25) is 0 Å². The zero-order valence-electron chi connectivity index (χ0n) is 20.0. The molecule has 1 aromatic carbocycles. The number of ether oxygens (including phenoxy) is 1. The lowest BCUT2D eigenvalue weighted by molar-refractivity contribution is -0.130. The summed E-state index contributed by atoms with van der Waals surface area (Å²) in [6, 6.07) is 10.4. The third kappa shape index (κ3) is 6.32. The third-order valence-corrected chi connectivity index (χ3v) is 5.95. The van der Waals surface area contributed by atoms with E-state index in [9.17, 15) is 14.4 Å². The number of fused-ring (bicyclic) bond motifs is 1. The fourth-order valence-electron chi connectivity index (χ4n) is 3.83. The number of hydrogen-bond acceptors (Lipinski definition) is 7. The molecule has 0 bridgehead atoms. The van der Waals surface area contributed by atoms with E-state index in [-0.39, 0.29) is 24.2 Å². The number of carbonyl (C=O) groups excluding carboxylic acids is 3. The zero-order chi connectivity index (χ0) is 24.7. The lowest BCUT2D eigenvalue weighted by Crippen LogP contribution is -2.60. The maximum Gasteiger partial charge on any atom is 0.408 e. The van der Waals surface area contributed by atoms with E-state index < -0.39 is 30.3 Å². The summed E-state index contributed by atoms with van der Waals surface area (Å²) in [6.45, 7) is 5.51. The van der Waals surface area contributed by atoms with Crippen LogP contribution >= 0.6 is 0 Å². The molecule has 2 aromatic rings. The number of carbonyl (C=O) groups is 3. The number of alkyl carbamates (subject to hydrolysis) is 1. The Morgan fingerprint density at radius 3 is 2.47 bits per heavy atom. The van der Waals surface area contributed by atoms with Crippen LogP contribution < -0.4 is 21.3 Å². The molecular weight excluding hydrogens is 434 g/mol. The van der Waals surface area contributed by atoms with E-state index in [0.717, 1.165) is 11.1 Å². The molecule has 1 aliphatic rings. The van der Waals surface area contributed by atoms with Crippen molar-refractivity contribution in [3.63, 3.8) is 0 Å². The van der Waals surface area contributed by atoms with Gasteiger partial charge in [0.05, 0.1) is 18.1 Å². The maximum atomic E-state index is 13.7. The van der Waals surface area contributed by atoms with Crippen LogP contribution in [0.15, 0.2) is 48.7 Å². The predicted molar refractivity (Wildman–Crippen MR) is 129 cm³/mol. The Labute approximate surface area is 200 Å². The number of rotatable bonds is 10. The minimum atomic E-state index is -0.935. The average Bonchev–Trinajstić information content (AvgIpc) is 3.27. The number of ketones is 1. The smallest absolute Gasteiger partial charge is 0.408 e. The SMILES string of the molecule is CNC(C)C(=O)NC(C(=O)[C@@H](NC(=O)OCc1ccccc1)C1Cc2cccnc2N1)C(C)C. The molecule has 4 atom stereocenters. The van der Waals surface area contributed by atoms with Gasteiger partial charge in [0.25, 0.3) is 0 Å². The monoisotopic (exact) mass is 467 g/mol. The predicted octanol–water partition coefficient (Wildman–Crippen LogP) is 2.03. The quantitative estimate of drug-likeness (QED) is 0.422. The van der Waals surface area contributed by atoms with Crippen LogP contribution in [0.5, 0.6) is 0 Å². The van der Waals surface area contributed by atoms with Crippen LogP contribution in [0, 0.1) is 5.92 Å². The van der Waals surface area contributed by atoms with Gasteiger partial charge < -0.3 is 26.0 Å². The summed E-state index contributed by atoms with van der Waals surface area (Å²) < 4.78 is 5.38. The highest BCUT2D eigenvalue weighted by molar-refractivity contribution is 5.96. The second-order valence-electron chi connectivity index (χ2n) is 8.79. The Balaban J connectivity index is 1.78. The summed E-state index contributed by atoms with van der Waals surface area (Å²) in [4.78, 5) is 43.3. The number of nitrogens with one attached hydrogen (secondary N) is 4. The Bertz CT molecular complexity index is 973. The number of aromatic nitrogens is 1. The first-order chi connectivity index (χ1) is 16.3. The zero-order valence-corrected chi connectivity index (χ0v) is 20.0. The van der Waals surface area contributed by atoms with Crippen molar-refractivity contribution in [2.75, 3.05) is 12.4 Å². The second kappa shape index (κ2) is 11.6. The number of likely N-dealkylation sites (N-methyl/N-ethyl adjacent to an activating group) is 1. The largest absolute Gasteiger partial charge is 0.445 e. The van der Waals surface area contributed by atoms with Crippen molar-refractivity contribution in [1.29, 1.82) is 0 Å². The average molecular weight is 468 g/mol. The molecule has 9 nitrogen and oxygen atoms in total. The van der Waals surface area contributed by atoms with Gasteiger partial charge in [0, 0.05) is 6.20 Å². The van der Waals surface area contributed by atoms with Gasteiger partial charge in [0.1, 0.15) is 18.5 Å². The van der Waals surface area contributed by atoms with Crippen LogP contribution in [0.1, 0.15) is 31.9 Å². The Morgan fingerprint density at radius 2 is 1.82 bits per heavy atom. The fourth-order valence-corrected chi connectivity index (χ4v) is 3.83. The van der Waals surface area contributed by atoms with Crippen molar-refractivity contribution >= 4 is 23.6 Å². The minimum Gasteiger partial charge on any atom is -0.445 e. The molecular formula is C25H33N5O4. The molecule has 4 N–H and O–H groups in total. The summed E-state index contributed by atoms with van der Waals surface area (Å²) in [5, 5.41) is 11.7. The Kier molecular flexibility index (Phi) is 8.59. The van der Waals surface area contributed by atoms with Gasteiger partial charge in [0.2, 0.25) is 5.91 Å². The van der Waals surface area contributed by atoms with Gasteiger partial charge in [-0.05, 0) is 43.5 Å². The molecule has 0 saturated heterocycles. The number of amides is 2. The van der Waals surface area contributed by atoms with Crippen molar-refractivity contribution in [2.24, 2.45) is 5.92 Å². The van der Waals surface area contributed by atoms with Crippen molar-refractivity contribution in [3.05, 3.63) is 59.8 Å². The third-order valence-electron chi connectivity index (χ3n) is 5.95. The van der Waals surface area contributed by atoms with Gasteiger partial charge in [-0.3, -0.25) is 9.59 Å². The Morgan fingerprint density at radius 1 is 1.09 bits per heavy atom. The number of anilines is 1. The molecule has 0 spiro atoms. The van der Waals surface area contributed by atoms with Crippen LogP contribution in [0.4, 0.5) is 10.6 Å². The van der Waals surface area contributed by atoms with Crippen LogP contribution in [0.25, 0.3) is 0 Å². The second-order valence-corrected chi connectivity index (χ2v) is 8.79. The molecule has 1 aliphatic heterocycles. The summed E-state index contributed by atoms with van der Waals surface area (Å²) in [5.74, 6) is -0.0938. The Hall–Kier alpha value is -3.46. The molecule has 0 saturated carbocycles. The van der Waals surface area contributed by atoms with E-state index in [1.807, 2.05) is 56.3 Å². The molecule has 0 radical (unpaired) electrons. The standard InChI is InChI=1S/C25H33N5O4/c1-15(2)20(29-24(32)16(3)26-4)22(31)21(19-13-18-11-8-12-27-23(18)28-19)30-25(33)34-14-17-9-6-5-7-10-17/h5-12,15-16,19-21,26H,13-14H2,1-4H3,(H,27,28)(H,29,32)(H,30,33)/t16?,19?,20?,21-/m0/s1. The van der Waals surface area contributed by atoms with Crippen LogP contribution in [-0.4, -0.2) is 54.0 Å². The first-order valence-corrected chi connectivity index (χ1v) is 11.5. The summed E-state index contributed by atoms with van der Waals surface area (Å²) in [5.41, 5.74) is 1.79. The van der Waals surface area contributed by atoms with Crippen LogP contribution in [-0.2, 0) is 27.4 Å². The lowest BCUT2D eigenvalue weighted by atomic mass is 9.90. The van der Waals surface area contributed by atoms with Gasteiger partial charge in [-0.15, -0.1) is 0 Å². The first kappa shape index (κ1) is 25.2. The molecule has 1 aromatic heterocycles. The van der Waals surface area contributed by atoms with Crippen molar-refractivity contribution < 1.29 is 19.1 Å². The number of nitrogens with zero attached hydrogens (tertiary/aromatic N) is 1. The van der Waals surface area contributed by atoms with E-state index in [2.05, 4.69) is 26.3 Å². The van der Waals surface area contributed by atoms with E-state index in [1.165, 1.54) is 0 Å². The van der Waals surface area contributed by atoms with E-state index in [1.54, 1.807) is 20.2 Å². The highest BCUT2D eigenvalue weighted by Gasteiger charge is 2.40. The molecule has 2 amide bonds. The molecule has 2 heterocycles. The van der Waals surface area contributed by atoms with Gasteiger partial charge in [0.15, 0.2) is 5.78 Å². The fraction of sp³-hybridized carbons (Fsp3) is 0.440. The maximum absolute atomic E-state index is 13.7. The van der Waals surface area contributed by atoms with E-state index in [4.69, 9.17) is 4.74 Å². The first-order valence-electron chi connectivity index (χ1n) is 11.5. The van der Waals surface area contributed by atoms with Gasteiger partial charge >= 0.3 is 6.09 Å². The molecule has 0 fully saturated rings. The minimum absolute atomic E-state index is 0.0808. The molecule has 9 heteroatoms.